The summed E-state index contributed by atoms with van der Waals surface area (Å²) in [5.41, 5.74) is 0.267. The number of fused-ring (bicyclic) bond motifs is 1. The molecule has 0 aliphatic carbocycles. The molecule has 3 aromatic rings. The van der Waals surface area contributed by atoms with E-state index in [1.807, 2.05) is 0 Å². The van der Waals surface area contributed by atoms with Gasteiger partial charge in [0.25, 0.3) is 5.56 Å². The molecular formula is C16H11F3N2O2. The number of rotatable bonds is 4. The Morgan fingerprint density at radius 1 is 1.17 bits per heavy atom. The second-order valence-electron chi connectivity index (χ2n) is 4.83. The molecule has 7 heteroatoms. The lowest BCUT2D eigenvalue weighted by molar-refractivity contribution is -0.0504. The van der Waals surface area contributed by atoms with Gasteiger partial charge in [0.05, 0.1) is 23.8 Å². The molecule has 0 unspecified atom stereocenters. The third kappa shape index (κ3) is 3.18. The highest BCUT2D eigenvalue weighted by Crippen LogP contribution is 2.21. The molecule has 118 valence electrons. The first-order valence-corrected chi connectivity index (χ1v) is 6.72. The van der Waals surface area contributed by atoms with Gasteiger partial charge in [0.1, 0.15) is 11.6 Å². The largest absolute Gasteiger partial charge is 0.434 e. The van der Waals surface area contributed by atoms with Crippen molar-refractivity contribution in [2.24, 2.45) is 0 Å². The average Bonchev–Trinajstić information content (AvgIpc) is 2.51. The maximum atomic E-state index is 13.2. The van der Waals surface area contributed by atoms with Crippen molar-refractivity contribution in [2.75, 3.05) is 0 Å². The third-order valence-corrected chi connectivity index (χ3v) is 3.32. The molecule has 0 bridgehead atoms. The van der Waals surface area contributed by atoms with Gasteiger partial charge in [-0.1, -0.05) is 18.2 Å². The van der Waals surface area contributed by atoms with E-state index in [0.29, 0.717) is 5.56 Å². The van der Waals surface area contributed by atoms with E-state index in [1.54, 1.807) is 18.2 Å². The average molecular weight is 320 g/mol. The maximum absolute atomic E-state index is 13.2. The number of aromatic nitrogens is 2. The normalized spacial score (nSPS) is 11.1. The summed E-state index contributed by atoms with van der Waals surface area (Å²) in [6, 6.07) is 9.87. The van der Waals surface area contributed by atoms with Crippen LogP contribution in [0.3, 0.4) is 0 Å². The van der Waals surface area contributed by atoms with E-state index in [9.17, 15) is 18.0 Å². The Kier molecular flexibility index (Phi) is 4.01. The Morgan fingerprint density at radius 3 is 2.74 bits per heavy atom. The number of nitrogens with zero attached hydrogens (tertiary/aromatic N) is 2. The van der Waals surface area contributed by atoms with Crippen LogP contribution in [0.1, 0.15) is 5.56 Å². The summed E-state index contributed by atoms with van der Waals surface area (Å²) in [6.07, 6.45) is 1.25. The molecule has 0 saturated heterocycles. The second-order valence-corrected chi connectivity index (χ2v) is 4.83. The Bertz CT molecular complexity index is 909. The fourth-order valence-electron chi connectivity index (χ4n) is 2.27. The van der Waals surface area contributed by atoms with Crippen molar-refractivity contribution >= 4 is 10.9 Å². The fourth-order valence-corrected chi connectivity index (χ4v) is 2.27. The molecular weight excluding hydrogens is 309 g/mol. The molecule has 0 aliphatic rings. The summed E-state index contributed by atoms with van der Waals surface area (Å²) in [5.74, 6) is -0.494. The number of hydrogen-bond acceptors (Lipinski definition) is 3. The van der Waals surface area contributed by atoms with Crippen LogP contribution in [0.4, 0.5) is 13.2 Å². The van der Waals surface area contributed by atoms with E-state index in [-0.39, 0.29) is 28.8 Å². The lowest BCUT2D eigenvalue weighted by Gasteiger charge is -2.12. The minimum Gasteiger partial charge on any atom is -0.434 e. The quantitative estimate of drug-likeness (QED) is 0.741. The van der Waals surface area contributed by atoms with E-state index in [4.69, 9.17) is 0 Å². The highest BCUT2D eigenvalue weighted by atomic mass is 19.3. The van der Waals surface area contributed by atoms with Gasteiger partial charge in [-0.05, 0) is 18.2 Å². The third-order valence-electron chi connectivity index (χ3n) is 3.32. The summed E-state index contributed by atoms with van der Waals surface area (Å²) in [4.78, 5) is 16.4. The van der Waals surface area contributed by atoms with E-state index >= 15 is 0 Å². The maximum Gasteiger partial charge on any atom is 0.387 e. The first-order valence-electron chi connectivity index (χ1n) is 6.72. The van der Waals surface area contributed by atoms with Crippen molar-refractivity contribution in [3.63, 3.8) is 0 Å². The van der Waals surface area contributed by atoms with Crippen LogP contribution in [0.25, 0.3) is 10.9 Å². The first-order chi connectivity index (χ1) is 11.0. The van der Waals surface area contributed by atoms with Gasteiger partial charge in [0.2, 0.25) is 0 Å². The van der Waals surface area contributed by atoms with Crippen LogP contribution >= 0.6 is 0 Å². The fraction of sp³-hybridized carbons (Fsp3) is 0.125. The van der Waals surface area contributed by atoms with Crippen molar-refractivity contribution < 1.29 is 17.9 Å². The molecule has 0 radical (unpaired) electrons. The smallest absolute Gasteiger partial charge is 0.387 e. The Hall–Kier alpha value is -2.83. The van der Waals surface area contributed by atoms with Gasteiger partial charge in [0.15, 0.2) is 0 Å². The molecule has 2 aromatic carbocycles. The second kappa shape index (κ2) is 6.12. The van der Waals surface area contributed by atoms with Gasteiger partial charge >= 0.3 is 6.61 Å². The van der Waals surface area contributed by atoms with Crippen LogP contribution in [-0.2, 0) is 6.54 Å². The molecule has 0 saturated carbocycles. The summed E-state index contributed by atoms with van der Waals surface area (Å²) in [6.45, 7) is -2.94. The summed E-state index contributed by atoms with van der Waals surface area (Å²) >= 11 is 0. The minimum absolute atomic E-state index is 0.00592. The molecule has 3 rings (SSSR count). The molecule has 0 N–H and O–H groups in total. The van der Waals surface area contributed by atoms with Gasteiger partial charge in [0, 0.05) is 11.6 Å². The van der Waals surface area contributed by atoms with Crippen molar-refractivity contribution in [3.8, 4) is 5.75 Å². The van der Waals surface area contributed by atoms with Crippen molar-refractivity contribution in [2.45, 2.75) is 13.2 Å². The number of ether oxygens (including phenoxy) is 1. The molecule has 0 aliphatic heterocycles. The topological polar surface area (TPSA) is 44.1 Å². The van der Waals surface area contributed by atoms with Crippen LogP contribution in [0, 0.1) is 5.82 Å². The van der Waals surface area contributed by atoms with Crippen molar-refractivity contribution in [3.05, 3.63) is 70.5 Å². The first kappa shape index (κ1) is 15.1. The number of benzene rings is 2. The molecule has 1 aromatic heterocycles. The van der Waals surface area contributed by atoms with Gasteiger partial charge in [-0.3, -0.25) is 9.36 Å². The van der Waals surface area contributed by atoms with E-state index < -0.39 is 12.4 Å². The van der Waals surface area contributed by atoms with Crippen LogP contribution in [-0.4, -0.2) is 16.2 Å². The predicted octanol–water partition coefficient (Wildman–Crippen LogP) is 3.19. The van der Waals surface area contributed by atoms with Gasteiger partial charge < -0.3 is 4.74 Å². The number of para-hydroxylation sites is 1. The lowest BCUT2D eigenvalue weighted by atomic mass is 10.2. The van der Waals surface area contributed by atoms with Crippen LogP contribution in [0.5, 0.6) is 5.75 Å². The molecule has 0 amide bonds. The van der Waals surface area contributed by atoms with Gasteiger partial charge in [-0.15, -0.1) is 0 Å². The highest BCUT2D eigenvalue weighted by molar-refractivity contribution is 5.77. The van der Waals surface area contributed by atoms with Crippen LogP contribution in [0.15, 0.2) is 53.6 Å². The van der Waals surface area contributed by atoms with Gasteiger partial charge in [-0.2, -0.15) is 8.78 Å². The Balaban J connectivity index is 2.01. The summed E-state index contributed by atoms with van der Waals surface area (Å²) in [5, 5.41) is 0.251. The number of alkyl halides is 2. The molecule has 4 nitrogen and oxygen atoms in total. The Labute approximate surface area is 128 Å². The monoisotopic (exact) mass is 320 g/mol. The molecule has 1 heterocycles. The summed E-state index contributed by atoms with van der Waals surface area (Å²) in [7, 11) is 0. The lowest BCUT2D eigenvalue weighted by Crippen LogP contribution is -2.21. The van der Waals surface area contributed by atoms with Crippen LogP contribution < -0.4 is 10.3 Å². The number of halogens is 3. The van der Waals surface area contributed by atoms with Gasteiger partial charge in [-0.25, -0.2) is 9.37 Å². The molecule has 23 heavy (non-hydrogen) atoms. The minimum atomic E-state index is -2.95. The Morgan fingerprint density at radius 2 is 1.96 bits per heavy atom. The zero-order valence-electron chi connectivity index (χ0n) is 11.7. The highest BCUT2D eigenvalue weighted by Gasteiger charge is 2.11. The SMILES string of the molecule is O=c1c2ccc(F)cc2ncn1Cc1ccccc1OC(F)F. The zero-order chi connectivity index (χ0) is 16.4. The molecule has 0 atom stereocenters. The molecule has 0 spiro atoms. The number of hydrogen-bond donors (Lipinski definition) is 0. The van der Waals surface area contributed by atoms with E-state index in [0.717, 1.165) is 6.07 Å². The van der Waals surface area contributed by atoms with Crippen molar-refractivity contribution in [1.29, 1.82) is 0 Å². The summed E-state index contributed by atoms with van der Waals surface area (Å²) < 4.78 is 43.7. The standard InChI is InChI=1S/C16H11F3N2O2/c17-11-5-6-12-13(7-11)20-9-21(15(12)22)8-10-3-1-2-4-14(10)23-16(18)19/h1-7,9,16H,8H2. The van der Waals surface area contributed by atoms with E-state index in [2.05, 4.69) is 9.72 Å². The zero-order valence-corrected chi connectivity index (χ0v) is 11.7. The van der Waals surface area contributed by atoms with E-state index in [1.165, 1.54) is 29.1 Å². The molecule has 0 fully saturated rings. The van der Waals surface area contributed by atoms with Crippen LogP contribution in [0.2, 0.25) is 0 Å². The predicted molar refractivity (Wildman–Crippen MR) is 78.1 cm³/mol. The van der Waals surface area contributed by atoms with Crippen molar-refractivity contribution in [1.82, 2.24) is 9.55 Å².